The van der Waals surface area contributed by atoms with Crippen molar-refractivity contribution < 1.29 is 39.5 Å². The maximum absolute atomic E-state index is 10.9. The van der Waals surface area contributed by atoms with Crippen molar-refractivity contribution in [3.63, 3.8) is 0 Å². The van der Waals surface area contributed by atoms with Gasteiger partial charge in [-0.3, -0.25) is 0 Å². The van der Waals surface area contributed by atoms with Gasteiger partial charge >= 0.3 is 29.6 Å². The molecular weight excluding hydrogens is 247 g/mol. The molecule has 0 saturated heterocycles. The molecule has 3 aromatic carbocycles. The molecule has 19 heavy (non-hydrogen) atoms. The minimum absolute atomic E-state index is 0. The van der Waals surface area contributed by atoms with Crippen LogP contribution in [-0.2, 0) is 11.2 Å². The van der Waals surface area contributed by atoms with Crippen LogP contribution in [-0.4, -0.2) is 5.97 Å². The Balaban J connectivity index is 0.00000133. The van der Waals surface area contributed by atoms with Crippen molar-refractivity contribution in [1.82, 2.24) is 0 Å². The van der Waals surface area contributed by atoms with E-state index in [0.29, 0.717) is 0 Å². The molecule has 0 aromatic heterocycles. The van der Waals surface area contributed by atoms with Crippen molar-refractivity contribution in [2.45, 2.75) is 6.42 Å². The number of carbonyl (C=O) groups excluding carboxylic acids is 1. The summed E-state index contributed by atoms with van der Waals surface area (Å²) < 4.78 is 0. The third kappa shape index (κ3) is 2.66. The van der Waals surface area contributed by atoms with Gasteiger partial charge in [0.15, 0.2) is 0 Å². The molecule has 0 fully saturated rings. The Morgan fingerprint density at radius 3 is 1.84 bits per heavy atom. The predicted octanol–water partition coefficient (Wildman–Crippen LogP) is -0.711. The predicted molar refractivity (Wildman–Crippen MR) is 70.2 cm³/mol. The fraction of sp³-hybridized carbons (Fsp3) is 0.0625. The van der Waals surface area contributed by atoms with Crippen LogP contribution in [0.5, 0.6) is 0 Å². The van der Waals surface area contributed by atoms with Gasteiger partial charge in [-0.2, -0.15) is 0 Å². The summed E-state index contributed by atoms with van der Waals surface area (Å²) in [5, 5.41) is 15.0. The number of carbonyl (C=O) groups is 1. The second-order valence-electron chi connectivity index (χ2n) is 4.35. The first-order chi connectivity index (χ1) is 8.75. The Kier molecular flexibility index (Phi) is 4.25. The maximum Gasteiger partial charge on any atom is 1.00 e. The number of carboxylic acids is 1. The molecule has 0 saturated carbocycles. The Labute approximate surface area is 133 Å². The molecule has 0 unspecified atom stereocenters. The van der Waals surface area contributed by atoms with E-state index in [4.69, 9.17) is 0 Å². The van der Waals surface area contributed by atoms with E-state index in [1.165, 1.54) is 0 Å². The second kappa shape index (κ2) is 5.74. The van der Waals surface area contributed by atoms with Gasteiger partial charge in [0.1, 0.15) is 0 Å². The summed E-state index contributed by atoms with van der Waals surface area (Å²) in [6.07, 6.45) is -0.0537. The van der Waals surface area contributed by atoms with Gasteiger partial charge in [0.05, 0.1) is 0 Å². The molecule has 3 aromatic rings. The van der Waals surface area contributed by atoms with Crippen molar-refractivity contribution >= 4 is 27.5 Å². The van der Waals surface area contributed by atoms with Crippen molar-refractivity contribution in [1.29, 1.82) is 0 Å². The normalized spacial score (nSPS) is 10.3. The standard InChI is InChI=1S/C16H12O2.Na/c17-16(18)10-15-13-7-3-1-5-11(13)9-12-6-2-4-8-14(12)15;/h1-9H,10H2,(H,17,18);/q;+1/p-1. The largest absolute Gasteiger partial charge is 1.00 e. The average molecular weight is 258 g/mol. The maximum atomic E-state index is 10.9. The van der Waals surface area contributed by atoms with Crippen LogP contribution in [0.25, 0.3) is 21.5 Å². The van der Waals surface area contributed by atoms with E-state index in [9.17, 15) is 9.90 Å². The third-order valence-electron chi connectivity index (χ3n) is 3.20. The zero-order valence-corrected chi connectivity index (χ0v) is 12.7. The van der Waals surface area contributed by atoms with Crippen LogP contribution in [0.3, 0.4) is 0 Å². The molecule has 2 nitrogen and oxygen atoms in total. The van der Waals surface area contributed by atoms with Crippen LogP contribution in [0.15, 0.2) is 54.6 Å². The first kappa shape index (κ1) is 14.1. The van der Waals surface area contributed by atoms with Crippen molar-refractivity contribution in [2.75, 3.05) is 0 Å². The third-order valence-corrected chi connectivity index (χ3v) is 3.20. The number of carboxylic acid groups (broad SMARTS) is 1. The Bertz CT molecular complexity index is 696. The van der Waals surface area contributed by atoms with E-state index in [1.54, 1.807) is 0 Å². The smallest absolute Gasteiger partial charge is 0.550 e. The summed E-state index contributed by atoms with van der Waals surface area (Å²) in [4.78, 5) is 10.9. The minimum atomic E-state index is -1.04. The number of aliphatic carboxylic acids is 1. The topological polar surface area (TPSA) is 40.1 Å². The number of fused-ring (bicyclic) bond motifs is 2. The van der Waals surface area contributed by atoms with Gasteiger partial charge in [-0.1, -0.05) is 48.5 Å². The molecule has 0 radical (unpaired) electrons. The molecule has 3 heteroatoms. The minimum Gasteiger partial charge on any atom is -0.550 e. The van der Waals surface area contributed by atoms with Crippen molar-refractivity contribution in [3.8, 4) is 0 Å². The van der Waals surface area contributed by atoms with Crippen LogP contribution < -0.4 is 34.7 Å². The summed E-state index contributed by atoms with van der Waals surface area (Å²) in [7, 11) is 0. The molecule has 3 rings (SSSR count). The van der Waals surface area contributed by atoms with E-state index in [0.717, 1.165) is 27.1 Å². The first-order valence-electron chi connectivity index (χ1n) is 5.85. The molecule has 0 amide bonds. The van der Waals surface area contributed by atoms with Crippen molar-refractivity contribution in [3.05, 3.63) is 60.2 Å². The average Bonchev–Trinajstić information content (AvgIpc) is 2.38. The molecule has 0 bridgehead atoms. The zero-order chi connectivity index (χ0) is 12.5. The van der Waals surface area contributed by atoms with Crippen LogP contribution >= 0.6 is 0 Å². The Hall–Kier alpha value is -1.35. The molecule has 0 aliphatic carbocycles. The molecule has 0 heterocycles. The summed E-state index contributed by atoms with van der Waals surface area (Å²) in [5.74, 6) is -1.04. The fourth-order valence-corrected chi connectivity index (χ4v) is 2.44. The van der Waals surface area contributed by atoms with Crippen LogP contribution in [0.1, 0.15) is 5.56 Å². The van der Waals surface area contributed by atoms with Gasteiger partial charge in [-0.25, -0.2) is 0 Å². The van der Waals surface area contributed by atoms with E-state index < -0.39 is 5.97 Å². The number of rotatable bonds is 2. The van der Waals surface area contributed by atoms with Gasteiger partial charge in [0.2, 0.25) is 0 Å². The molecule has 0 N–H and O–H groups in total. The first-order valence-corrected chi connectivity index (χ1v) is 5.85. The fourth-order valence-electron chi connectivity index (χ4n) is 2.44. The molecule has 0 aliphatic rings. The van der Waals surface area contributed by atoms with Crippen LogP contribution in [0.4, 0.5) is 0 Å². The summed E-state index contributed by atoms with van der Waals surface area (Å²) in [6, 6.07) is 17.8. The summed E-state index contributed by atoms with van der Waals surface area (Å²) in [5.41, 5.74) is 0.837. The SMILES string of the molecule is O=C([O-])Cc1c2ccccc2cc2ccccc12.[Na+]. The van der Waals surface area contributed by atoms with Gasteiger partial charge in [-0.15, -0.1) is 0 Å². The molecule has 0 aliphatic heterocycles. The summed E-state index contributed by atoms with van der Waals surface area (Å²) >= 11 is 0. The van der Waals surface area contributed by atoms with Gasteiger partial charge in [0.25, 0.3) is 0 Å². The van der Waals surface area contributed by atoms with Crippen LogP contribution in [0, 0.1) is 0 Å². The number of hydrogen-bond acceptors (Lipinski definition) is 2. The van der Waals surface area contributed by atoms with Gasteiger partial charge in [0, 0.05) is 12.4 Å². The van der Waals surface area contributed by atoms with Crippen molar-refractivity contribution in [2.24, 2.45) is 0 Å². The quantitative estimate of drug-likeness (QED) is 0.450. The van der Waals surface area contributed by atoms with E-state index in [-0.39, 0.29) is 36.0 Å². The molecule has 0 atom stereocenters. The van der Waals surface area contributed by atoms with Gasteiger partial charge < -0.3 is 9.90 Å². The summed E-state index contributed by atoms with van der Waals surface area (Å²) in [6.45, 7) is 0. The zero-order valence-electron chi connectivity index (χ0n) is 10.7. The van der Waals surface area contributed by atoms with E-state index >= 15 is 0 Å². The Morgan fingerprint density at radius 2 is 1.37 bits per heavy atom. The molecule has 88 valence electrons. The second-order valence-corrected chi connectivity index (χ2v) is 4.35. The van der Waals surface area contributed by atoms with E-state index in [1.807, 2.05) is 48.5 Å². The molecule has 0 spiro atoms. The monoisotopic (exact) mass is 258 g/mol. The Morgan fingerprint density at radius 1 is 0.895 bits per heavy atom. The number of benzene rings is 3. The molecular formula is C16H11NaO2. The van der Waals surface area contributed by atoms with Gasteiger partial charge in [-0.05, 0) is 33.2 Å². The van der Waals surface area contributed by atoms with E-state index in [2.05, 4.69) is 6.07 Å². The number of hydrogen-bond donors (Lipinski definition) is 0. The van der Waals surface area contributed by atoms with Crippen LogP contribution in [0.2, 0.25) is 0 Å².